The van der Waals surface area contributed by atoms with E-state index in [1.165, 1.54) is 25.7 Å². The molecule has 0 radical (unpaired) electrons. The first-order chi connectivity index (χ1) is 16.6. The van der Waals surface area contributed by atoms with Crippen molar-refractivity contribution in [2.75, 3.05) is 12.3 Å². The van der Waals surface area contributed by atoms with Gasteiger partial charge in [0.05, 0.1) is 24.4 Å². The Labute approximate surface area is 197 Å². The molecule has 0 aromatic carbocycles. The second-order valence-electron chi connectivity index (χ2n) is 8.64. The standard InChI is InChI=1S/C25H27N7O2/c1-16-20(11-19(13-28-16)18-8-10-32-23(12-18)30-25(26)31-32)24(33)29-14-21-22(7-4-9-27-21)34-15-17-5-2-3-6-17/h4,7-13,17H,2-3,5-6,14-15H2,1H3,(H2,26,31)(H,29,33). The van der Waals surface area contributed by atoms with Crippen molar-refractivity contribution < 1.29 is 9.53 Å². The Morgan fingerprint density at radius 2 is 2.06 bits per heavy atom. The van der Waals surface area contributed by atoms with Crippen LogP contribution < -0.4 is 15.8 Å². The Morgan fingerprint density at radius 3 is 2.91 bits per heavy atom. The highest BCUT2D eigenvalue weighted by atomic mass is 16.5. The van der Waals surface area contributed by atoms with Crippen LogP contribution in [0.25, 0.3) is 16.8 Å². The van der Waals surface area contributed by atoms with Crippen LogP contribution in [0.5, 0.6) is 5.75 Å². The second kappa shape index (κ2) is 9.46. The van der Waals surface area contributed by atoms with Crippen LogP contribution in [0, 0.1) is 12.8 Å². The third-order valence-electron chi connectivity index (χ3n) is 6.23. The SMILES string of the molecule is Cc1ncc(-c2ccn3nc(N)nc3c2)cc1C(=O)NCc1ncccc1OCC1CCCC1. The lowest BCUT2D eigenvalue weighted by Crippen LogP contribution is -2.25. The summed E-state index contributed by atoms with van der Waals surface area (Å²) < 4.78 is 7.65. The van der Waals surface area contributed by atoms with Crippen molar-refractivity contribution in [1.29, 1.82) is 0 Å². The number of nitrogen functional groups attached to an aromatic ring is 1. The van der Waals surface area contributed by atoms with E-state index in [1.807, 2.05) is 37.3 Å². The minimum absolute atomic E-state index is 0.209. The highest BCUT2D eigenvalue weighted by Crippen LogP contribution is 2.26. The number of aryl methyl sites for hydroxylation is 1. The van der Waals surface area contributed by atoms with Gasteiger partial charge in [-0.2, -0.15) is 4.98 Å². The highest BCUT2D eigenvalue weighted by Gasteiger charge is 2.17. The van der Waals surface area contributed by atoms with E-state index in [2.05, 4.69) is 25.4 Å². The van der Waals surface area contributed by atoms with Crippen LogP contribution in [0.1, 0.15) is 47.4 Å². The molecular formula is C25H27N7O2. The molecule has 174 valence electrons. The number of nitrogens with one attached hydrogen (secondary N) is 1. The molecule has 1 saturated carbocycles. The molecule has 0 saturated heterocycles. The number of aromatic nitrogens is 5. The number of fused-ring (bicyclic) bond motifs is 1. The van der Waals surface area contributed by atoms with Gasteiger partial charge < -0.3 is 15.8 Å². The van der Waals surface area contributed by atoms with Gasteiger partial charge in [-0.05, 0) is 61.6 Å². The summed E-state index contributed by atoms with van der Waals surface area (Å²) in [6.45, 7) is 2.78. The fourth-order valence-electron chi connectivity index (χ4n) is 4.33. The van der Waals surface area contributed by atoms with E-state index in [9.17, 15) is 4.79 Å². The summed E-state index contributed by atoms with van der Waals surface area (Å²) in [7, 11) is 0. The molecule has 3 N–H and O–H groups in total. The molecule has 1 fully saturated rings. The van der Waals surface area contributed by atoms with Crippen molar-refractivity contribution in [3.63, 3.8) is 0 Å². The van der Waals surface area contributed by atoms with Crippen molar-refractivity contribution in [3.05, 3.63) is 65.9 Å². The van der Waals surface area contributed by atoms with E-state index in [-0.39, 0.29) is 18.4 Å². The number of nitrogens with two attached hydrogens (primary N) is 1. The van der Waals surface area contributed by atoms with Crippen LogP contribution in [0.3, 0.4) is 0 Å². The van der Waals surface area contributed by atoms with Crippen LogP contribution in [0.2, 0.25) is 0 Å². The third-order valence-corrected chi connectivity index (χ3v) is 6.23. The number of carbonyl (C=O) groups excluding carboxylic acids is 1. The summed E-state index contributed by atoms with van der Waals surface area (Å²) in [5.41, 5.74) is 9.84. The van der Waals surface area contributed by atoms with Gasteiger partial charge in [-0.3, -0.25) is 14.8 Å². The van der Waals surface area contributed by atoms with Gasteiger partial charge in [0.25, 0.3) is 5.91 Å². The summed E-state index contributed by atoms with van der Waals surface area (Å²) >= 11 is 0. The number of carbonyl (C=O) groups is 1. The molecule has 0 aliphatic heterocycles. The van der Waals surface area contributed by atoms with Crippen molar-refractivity contribution in [1.82, 2.24) is 29.9 Å². The van der Waals surface area contributed by atoms with Gasteiger partial charge in [-0.15, -0.1) is 5.10 Å². The zero-order chi connectivity index (χ0) is 23.5. The van der Waals surface area contributed by atoms with Crippen molar-refractivity contribution >= 4 is 17.5 Å². The number of rotatable bonds is 7. The molecule has 0 spiro atoms. The van der Waals surface area contributed by atoms with Gasteiger partial charge >= 0.3 is 0 Å². The van der Waals surface area contributed by atoms with Crippen LogP contribution in [0.4, 0.5) is 5.95 Å². The molecule has 1 aliphatic carbocycles. The Hall–Kier alpha value is -4.01. The first-order valence-electron chi connectivity index (χ1n) is 11.5. The largest absolute Gasteiger partial charge is 0.491 e. The Balaban J connectivity index is 1.30. The number of ether oxygens (including phenoxy) is 1. The maximum atomic E-state index is 13.1. The molecule has 0 atom stereocenters. The van der Waals surface area contributed by atoms with E-state index >= 15 is 0 Å². The van der Waals surface area contributed by atoms with Gasteiger partial charge in [0.2, 0.25) is 5.95 Å². The van der Waals surface area contributed by atoms with Crippen LogP contribution in [-0.2, 0) is 6.54 Å². The van der Waals surface area contributed by atoms with Crippen molar-refractivity contribution in [2.45, 2.75) is 39.2 Å². The summed E-state index contributed by atoms with van der Waals surface area (Å²) in [5.74, 6) is 1.32. The van der Waals surface area contributed by atoms with Gasteiger partial charge in [0, 0.05) is 24.2 Å². The predicted molar refractivity (Wildman–Crippen MR) is 128 cm³/mol. The molecule has 0 bridgehead atoms. The molecular weight excluding hydrogens is 430 g/mol. The van der Waals surface area contributed by atoms with Gasteiger partial charge in [-0.1, -0.05) is 12.8 Å². The Kier molecular flexibility index (Phi) is 6.07. The van der Waals surface area contributed by atoms with Crippen LogP contribution in [0.15, 0.2) is 48.9 Å². The normalized spacial score (nSPS) is 13.9. The number of anilines is 1. The topological polar surface area (TPSA) is 120 Å². The second-order valence-corrected chi connectivity index (χ2v) is 8.64. The third kappa shape index (κ3) is 4.68. The lowest BCUT2D eigenvalue weighted by Gasteiger charge is -2.15. The fraction of sp³-hybridized carbons (Fsp3) is 0.320. The summed E-state index contributed by atoms with van der Waals surface area (Å²) in [4.78, 5) is 26.1. The zero-order valence-corrected chi connectivity index (χ0v) is 19.1. The van der Waals surface area contributed by atoms with E-state index in [0.29, 0.717) is 35.1 Å². The van der Waals surface area contributed by atoms with Crippen LogP contribution in [-0.4, -0.2) is 37.1 Å². The number of hydrogen-bond donors (Lipinski definition) is 2. The zero-order valence-electron chi connectivity index (χ0n) is 19.1. The number of pyridine rings is 3. The van der Waals surface area contributed by atoms with E-state index in [1.54, 1.807) is 23.1 Å². The first kappa shape index (κ1) is 21.8. The quantitative estimate of drug-likeness (QED) is 0.435. The molecule has 5 rings (SSSR count). The maximum Gasteiger partial charge on any atom is 0.253 e. The summed E-state index contributed by atoms with van der Waals surface area (Å²) in [6, 6.07) is 9.34. The Morgan fingerprint density at radius 1 is 1.21 bits per heavy atom. The Bertz CT molecular complexity index is 1330. The minimum Gasteiger partial charge on any atom is -0.491 e. The minimum atomic E-state index is -0.216. The van der Waals surface area contributed by atoms with Crippen molar-refractivity contribution in [3.8, 4) is 16.9 Å². The van der Waals surface area contributed by atoms with E-state index < -0.39 is 0 Å². The molecule has 4 heterocycles. The molecule has 4 aromatic heterocycles. The van der Waals surface area contributed by atoms with E-state index in [4.69, 9.17) is 10.5 Å². The van der Waals surface area contributed by atoms with Gasteiger partial charge in [-0.25, -0.2) is 4.52 Å². The monoisotopic (exact) mass is 457 g/mol. The lowest BCUT2D eigenvalue weighted by atomic mass is 10.0. The average Bonchev–Trinajstić information content (AvgIpc) is 3.50. The first-order valence-corrected chi connectivity index (χ1v) is 11.5. The van der Waals surface area contributed by atoms with E-state index in [0.717, 1.165) is 16.9 Å². The average molecular weight is 458 g/mol. The molecule has 34 heavy (non-hydrogen) atoms. The van der Waals surface area contributed by atoms with Gasteiger partial charge in [0.15, 0.2) is 5.65 Å². The molecule has 4 aromatic rings. The van der Waals surface area contributed by atoms with Crippen molar-refractivity contribution in [2.24, 2.45) is 5.92 Å². The maximum absolute atomic E-state index is 13.1. The summed E-state index contributed by atoms with van der Waals surface area (Å²) in [6.07, 6.45) is 10.2. The molecule has 0 unspecified atom stereocenters. The van der Waals surface area contributed by atoms with Gasteiger partial charge in [0.1, 0.15) is 11.4 Å². The number of amides is 1. The molecule has 9 nitrogen and oxygen atoms in total. The van der Waals surface area contributed by atoms with Crippen LogP contribution >= 0.6 is 0 Å². The molecule has 9 heteroatoms. The lowest BCUT2D eigenvalue weighted by molar-refractivity contribution is 0.0949. The predicted octanol–water partition coefficient (Wildman–Crippen LogP) is 3.58. The summed E-state index contributed by atoms with van der Waals surface area (Å²) in [5, 5.41) is 7.06. The fourth-order valence-corrected chi connectivity index (χ4v) is 4.33. The smallest absolute Gasteiger partial charge is 0.253 e. The number of nitrogens with zero attached hydrogens (tertiary/aromatic N) is 5. The highest BCUT2D eigenvalue weighted by molar-refractivity contribution is 5.96. The number of hydrogen-bond acceptors (Lipinski definition) is 7. The molecule has 1 aliphatic rings. The molecule has 1 amide bonds.